The molecule has 1 heterocycles. The van der Waals surface area contributed by atoms with Crippen LogP contribution in [-0.2, 0) is 17.6 Å². The summed E-state index contributed by atoms with van der Waals surface area (Å²) >= 11 is 0. The van der Waals surface area contributed by atoms with E-state index in [-0.39, 0.29) is 0 Å². The molecule has 0 fully saturated rings. The molecular weight excluding hydrogens is 200 g/mol. The van der Waals surface area contributed by atoms with E-state index in [4.69, 9.17) is 4.74 Å². The van der Waals surface area contributed by atoms with Gasteiger partial charge in [-0.05, 0) is 44.2 Å². The summed E-state index contributed by atoms with van der Waals surface area (Å²) in [4.78, 5) is 4.65. The second-order valence-electron chi connectivity index (χ2n) is 4.48. The molecule has 0 amide bonds. The highest BCUT2D eigenvalue weighted by Gasteiger charge is 2.12. The van der Waals surface area contributed by atoms with E-state index in [1.807, 2.05) is 0 Å². The van der Waals surface area contributed by atoms with Crippen molar-refractivity contribution in [3.8, 4) is 0 Å². The number of aryl methyl sites for hydroxylation is 2. The van der Waals surface area contributed by atoms with Gasteiger partial charge in [0.25, 0.3) is 0 Å². The molecule has 1 N–H and O–H groups in total. The molecule has 1 aliphatic rings. The van der Waals surface area contributed by atoms with Crippen LogP contribution in [-0.4, -0.2) is 24.7 Å². The van der Waals surface area contributed by atoms with Gasteiger partial charge in [0.2, 0.25) is 0 Å². The Kier molecular flexibility index (Phi) is 3.78. The predicted molar refractivity (Wildman–Crippen MR) is 65.8 cm³/mol. The molecular formula is C13H20N2O. The largest absolute Gasteiger partial charge is 0.385 e. The van der Waals surface area contributed by atoms with E-state index in [1.54, 1.807) is 7.11 Å². The Bertz CT molecular complexity index is 352. The van der Waals surface area contributed by atoms with Crippen LogP contribution in [0.2, 0.25) is 0 Å². The maximum atomic E-state index is 5.06. The number of ether oxygens (including phenoxy) is 1. The van der Waals surface area contributed by atoms with Crippen molar-refractivity contribution in [3.05, 3.63) is 23.4 Å². The van der Waals surface area contributed by atoms with Gasteiger partial charge >= 0.3 is 0 Å². The molecule has 0 aromatic carbocycles. The number of hydrogen-bond donors (Lipinski definition) is 1. The maximum Gasteiger partial charge on any atom is 0.126 e. The Morgan fingerprint density at radius 1 is 1.44 bits per heavy atom. The zero-order valence-corrected chi connectivity index (χ0v) is 10.1. The van der Waals surface area contributed by atoms with Crippen LogP contribution >= 0.6 is 0 Å². The van der Waals surface area contributed by atoms with Crippen molar-refractivity contribution in [1.82, 2.24) is 4.98 Å². The molecule has 0 saturated carbocycles. The summed E-state index contributed by atoms with van der Waals surface area (Å²) in [5.41, 5.74) is 2.71. The topological polar surface area (TPSA) is 34.1 Å². The van der Waals surface area contributed by atoms with E-state index in [1.165, 1.54) is 24.1 Å². The first kappa shape index (κ1) is 11.4. The van der Waals surface area contributed by atoms with Gasteiger partial charge in [0.05, 0.1) is 0 Å². The minimum absolute atomic E-state index is 0.409. The van der Waals surface area contributed by atoms with Crippen molar-refractivity contribution in [1.29, 1.82) is 0 Å². The van der Waals surface area contributed by atoms with Crippen LogP contribution in [0.5, 0.6) is 0 Å². The first-order valence-electron chi connectivity index (χ1n) is 6.04. The first-order valence-corrected chi connectivity index (χ1v) is 6.04. The summed E-state index contributed by atoms with van der Waals surface area (Å²) in [5, 5.41) is 3.42. The van der Waals surface area contributed by atoms with Gasteiger partial charge in [-0.3, -0.25) is 0 Å². The van der Waals surface area contributed by atoms with Crippen LogP contribution in [0.4, 0.5) is 5.82 Å². The van der Waals surface area contributed by atoms with E-state index in [9.17, 15) is 0 Å². The van der Waals surface area contributed by atoms with Crippen LogP contribution in [0.25, 0.3) is 0 Å². The zero-order chi connectivity index (χ0) is 11.4. The van der Waals surface area contributed by atoms with Gasteiger partial charge in [0.15, 0.2) is 0 Å². The molecule has 1 aromatic rings. The molecule has 0 spiro atoms. The summed E-state index contributed by atoms with van der Waals surface area (Å²) in [6.45, 7) is 2.95. The van der Waals surface area contributed by atoms with E-state index in [0.29, 0.717) is 6.04 Å². The maximum absolute atomic E-state index is 5.06. The summed E-state index contributed by atoms with van der Waals surface area (Å²) in [6, 6.07) is 4.71. The van der Waals surface area contributed by atoms with Gasteiger partial charge in [0.1, 0.15) is 5.82 Å². The number of methoxy groups -OCH3 is 1. The van der Waals surface area contributed by atoms with Crippen molar-refractivity contribution in [2.45, 2.75) is 38.6 Å². The van der Waals surface area contributed by atoms with Crippen molar-refractivity contribution in [2.24, 2.45) is 0 Å². The fraction of sp³-hybridized carbons (Fsp3) is 0.615. The molecule has 1 aliphatic carbocycles. The molecule has 0 saturated heterocycles. The Morgan fingerprint density at radius 2 is 2.31 bits per heavy atom. The average Bonchev–Trinajstić information content (AvgIpc) is 2.73. The third kappa shape index (κ3) is 2.73. The lowest BCUT2D eigenvalue weighted by Gasteiger charge is -2.14. The third-order valence-corrected chi connectivity index (χ3v) is 3.08. The molecule has 0 bridgehead atoms. The van der Waals surface area contributed by atoms with Gasteiger partial charge in [0, 0.05) is 25.5 Å². The van der Waals surface area contributed by atoms with Gasteiger partial charge < -0.3 is 10.1 Å². The highest BCUT2D eigenvalue weighted by atomic mass is 16.5. The van der Waals surface area contributed by atoms with Crippen LogP contribution in [0.15, 0.2) is 12.1 Å². The van der Waals surface area contributed by atoms with E-state index in [0.717, 1.165) is 25.3 Å². The molecule has 0 radical (unpaired) electrons. The lowest BCUT2D eigenvalue weighted by atomic mass is 10.2. The Labute approximate surface area is 97.2 Å². The normalized spacial score (nSPS) is 15.9. The van der Waals surface area contributed by atoms with Gasteiger partial charge in [-0.1, -0.05) is 6.07 Å². The minimum atomic E-state index is 0.409. The monoisotopic (exact) mass is 220 g/mol. The van der Waals surface area contributed by atoms with Crippen LogP contribution in [0.3, 0.4) is 0 Å². The van der Waals surface area contributed by atoms with Gasteiger partial charge in [-0.15, -0.1) is 0 Å². The molecule has 1 unspecified atom stereocenters. The number of hydrogen-bond acceptors (Lipinski definition) is 3. The molecule has 0 aliphatic heterocycles. The SMILES string of the molecule is COCCC(C)Nc1ccc2c(n1)CCC2. The van der Waals surface area contributed by atoms with Crippen LogP contribution in [0.1, 0.15) is 31.0 Å². The quantitative estimate of drug-likeness (QED) is 0.827. The molecule has 16 heavy (non-hydrogen) atoms. The number of rotatable bonds is 5. The second-order valence-corrected chi connectivity index (χ2v) is 4.48. The number of pyridine rings is 1. The Hall–Kier alpha value is -1.09. The average molecular weight is 220 g/mol. The highest BCUT2D eigenvalue weighted by Crippen LogP contribution is 2.21. The third-order valence-electron chi connectivity index (χ3n) is 3.08. The van der Waals surface area contributed by atoms with E-state index >= 15 is 0 Å². The van der Waals surface area contributed by atoms with Crippen LogP contribution < -0.4 is 5.32 Å². The summed E-state index contributed by atoms with van der Waals surface area (Å²) in [7, 11) is 1.74. The minimum Gasteiger partial charge on any atom is -0.385 e. The van der Waals surface area contributed by atoms with Crippen molar-refractivity contribution >= 4 is 5.82 Å². The first-order chi connectivity index (χ1) is 7.79. The van der Waals surface area contributed by atoms with Gasteiger partial charge in [-0.25, -0.2) is 4.98 Å². The molecule has 1 atom stereocenters. The number of aromatic nitrogens is 1. The summed E-state index contributed by atoms with van der Waals surface area (Å²) in [5.74, 6) is 1.00. The number of nitrogens with zero attached hydrogens (tertiary/aromatic N) is 1. The van der Waals surface area contributed by atoms with E-state index < -0.39 is 0 Å². The number of anilines is 1. The fourth-order valence-corrected chi connectivity index (χ4v) is 2.12. The number of nitrogens with one attached hydrogen (secondary N) is 1. The highest BCUT2D eigenvalue weighted by molar-refractivity contribution is 5.41. The van der Waals surface area contributed by atoms with E-state index in [2.05, 4.69) is 29.4 Å². The summed E-state index contributed by atoms with van der Waals surface area (Å²) in [6.07, 6.45) is 4.60. The second kappa shape index (κ2) is 5.30. The standard InChI is InChI=1S/C13H20N2O/c1-10(8-9-16-2)14-13-7-6-11-4-3-5-12(11)15-13/h6-7,10H,3-5,8-9H2,1-2H3,(H,14,15). The number of fused-ring (bicyclic) bond motifs is 1. The fourth-order valence-electron chi connectivity index (χ4n) is 2.12. The van der Waals surface area contributed by atoms with Crippen molar-refractivity contribution in [2.75, 3.05) is 19.0 Å². The lowest BCUT2D eigenvalue weighted by molar-refractivity contribution is 0.191. The van der Waals surface area contributed by atoms with Crippen molar-refractivity contribution < 1.29 is 4.74 Å². The zero-order valence-electron chi connectivity index (χ0n) is 10.1. The molecule has 2 rings (SSSR count). The summed E-state index contributed by atoms with van der Waals surface area (Å²) < 4.78 is 5.06. The Morgan fingerprint density at radius 3 is 3.12 bits per heavy atom. The molecule has 1 aromatic heterocycles. The Balaban J connectivity index is 1.94. The van der Waals surface area contributed by atoms with Gasteiger partial charge in [-0.2, -0.15) is 0 Å². The lowest BCUT2D eigenvalue weighted by Crippen LogP contribution is -2.18. The smallest absolute Gasteiger partial charge is 0.126 e. The van der Waals surface area contributed by atoms with Crippen LogP contribution in [0, 0.1) is 0 Å². The molecule has 3 nitrogen and oxygen atoms in total. The predicted octanol–water partition coefficient (Wildman–Crippen LogP) is 2.41. The molecule has 88 valence electrons. The van der Waals surface area contributed by atoms with Crippen molar-refractivity contribution in [3.63, 3.8) is 0 Å². The molecule has 3 heteroatoms.